The van der Waals surface area contributed by atoms with Gasteiger partial charge in [-0.2, -0.15) is 0 Å². The molecule has 1 atom stereocenters. The Labute approximate surface area is 394 Å². The monoisotopic (exact) mass is 889 g/mol. The van der Waals surface area contributed by atoms with Crippen LogP contribution in [0.4, 0.5) is 0 Å². The predicted octanol–water partition coefficient (Wildman–Crippen LogP) is 17.4. The molecule has 0 bridgehead atoms. The van der Waals surface area contributed by atoms with E-state index in [0.717, 1.165) is 70.6 Å². The van der Waals surface area contributed by atoms with Gasteiger partial charge in [0.1, 0.15) is 13.2 Å². The Morgan fingerprint density at radius 2 is 0.578 bits per heavy atom. The summed E-state index contributed by atoms with van der Waals surface area (Å²) in [5.74, 6) is -1.03. The lowest BCUT2D eigenvalue weighted by Crippen LogP contribution is -2.30. The second-order valence-electron chi connectivity index (χ2n) is 17.1. The van der Waals surface area contributed by atoms with Crippen LogP contribution in [0.5, 0.6) is 0 Å². The molecule has 6 nitrogen and oxygen atoms in total. The molecule has 0 saturated carbocycles. The summed E-state index contributed by atoms with van der Waals surface area (Å²) in [7, 11) is 0. The Bertz CT molecular complexity index is 1300. The van der Waals surface area contributed by atoms with Crippen LogP contribution in [0.2, 0.25) is 0 Å². The number of hydrogen-bond acceptors (Lipinski definition) is 6. The van der Waals surface area contributed by atoms with Crippen molar-refractivity contribution in [2.75, 3.05) is 13.2 Å². The third-order valence-electron chi connectivity index (χ3n) is 10.8. The maximum absolute atomic E-state index is 12.8. The Balaban J connectivity index is 4.57. The van der Waals surface area contributed by atoms with Gasteiger partial charge in [-0.15, -0.1) is 0 Å². The number of carbonyl (C=O) groups excluding carboxylic acids is 3. The van der Waals surface area contributed by atoms with Crippen LogP contribution >= 0.6 is 0 Å². The van der Waals surface area contributed by atoms with E-state index in [-0.39, 0.29) is 44.0 Å². The molecule has 0 fully saturated rings. The first-order chi connectivity index (χ1) is 31.5. The SMILES string of the molecule is CCCCC/C=C\C/C=C\C/C=C\C/C=C\CCCC(=O)OC[C@H](COC(=O)CCCCCCCCCCCCCC)OC(=O)CCC/C=C\C/C=C\C/C=C\C/C=C\CCCCC. The molecular weight excluding hydrogens is 793 g/mol. The summed E-state index contributed by atoms with van der Waals surface area (Å²) in [4.78, 5) is 37.9. The number of hydrogen-bond donors (Lipinski definition) is 0. The van der Waals surface area contributed by atoms with Crippen molar-refractivity contribution in [3.63, 3.8) is 0 Å². The van der Waals surface area contributed by atoms with E-state index in [0.29, 0.717) is 19.3 Å². The third kappa shape index (κ3) is 49.3. The lowest BCUT2D eigenvalue weighted by molar-refractivity contribution is -0.167. The summed E-state index contributed by atoms with van der Waals surface area (Å²) in [6.45, 7) is 6.48. The number of rotatable bonds is 46. The molecule has 0 aromatic carbocycles. The molecular formula is C58H96O6. The zero-order valence-electron chi connectivity index (χ0n) is 41.5. The largest absolute Gasteiger partial charge is 0.462 e. The molecule has 0 amide bonds. The molecule has 0 aromatic heterocycles. The van der Waals surface area contributed by atoms with E-state index in [9.17, 15) is 14.4 Å². The van der Waals surface area contributed by atoms with Crippen molar-refractivity contribution in [1.82, 2.24) is 0 Å². The topological polar surface area (TPSA) is 78.9 Å². The van der Waals surface area contributed by atoms with Crippen LogP contribution in [0.15, 0.2) is 97.2 Å². The molecule has 0 aliphatic rings. The maximum Gasteiger partial charge on any atom is 0.306 e. The minimum absolute atomic E-state index is 0.116. The molecule has 0 aromatic rings. The van der Waals surface area contributed by atoms with Crippen molar-refractivity contribution in [2.24, 2.45) is 0 Å². The molecule has 0 N–H and O–H groups in total. The Morgan fingerprint density at radius 1 is 0.312 bits per heavy atom. The van der Waals surface area contributed by atoms with Crippen molar-refractivity contribution in [3.8, 4) is 0 Å². The third-order valence-corrected chi connectivity index (χ3v) is 10.8. The highest BCUT2D eigenvalue weighted by Crippen LogP contribution is 2.14. The van der Waals surface area contributed by atoms with E-state index in [1.807, 2.05) is 0 Å². The fourth-order valence-electron chi connectivity index (χ4n) is 6.84. The van der Waals surface area contributed by atoms with Gasteiger partial charge in [-0.05, 0) is 96.3 Å². The highest BCUT2D eigenvalue weighted by molar-refractivity contribution is 5.71. The molecule has 0 rings (SSSR count). The fraction of sp³-hybridized carbons (Fsp3) is 0.672. The fourth-order valence-corrected chi connectivity index (χ4v) is 6.84. The van der Waals surface area contributed by atoms with Crippen molar-refractivity contribution >= 4 is 17.9 Å². The lowest BCUT2D eigenvalue weighted by Gasteiger charge is -2.18. The zero-order chi connectivity index (χ0) is 46.5. The quantitative estimate of drug-likeness (QED) is 0.0262. The van der Waals surface area contributed by atoms with Gasteiger partial charge in [0.2, 0.25) is 0 Å². The highest BCUT2D eigenvalue weighted by Gasteiger charge is 2.19. The summed E-state index contributed by atoms with van der Waals surface area (Å²) in [5, 5.41) is 0. The van der Waals surface area contributed by atoms with Crippen LogP contribution in [-0.4, -0.2) is 37.2 Å². The zero-order valence-corrected chi connectivity index (χ0v) is 41.5. The molecule has 0 saturated heterocycles. The molecule has 0 radical (unpaired) electrons. The summed E-state index contributed by atoms with van der Waals surface area (Å²) in [6, 6.07) is 0. The summed E-state index contributed by atoms with van der Waals surface area (Å²) < 4.78 is 16.7. The van der Waals surface area contributed by atoms with Gasteiger partial charge in [0.15, 0.2) is 6.10 Å². The van der Waals surface area contributed by atoms with Crippen LogP contribution in [0.3, 0.4) is 0 Å². The Kier molecular flexibility index (Phi) is 49.0. The average molecular weight is 889 g/mol. The minimum Gasteiger partial charge on any atom is -0.462 e. The molecule has 0 aliphatic heterocycles. The second-order valence-corrected chi connectivity index (χ2v) is 17.1. The van der Waals surface area contributed by atoms with Gasteiger partial charge in [-0.25, -0.2) is 0 Å². The standard InChI is InChI=1S/C58H96O6/c1-4-7-10-13-16-19-22-25-27-29-31-33-36-39-42-45-48-51-57(60)63-54-55(53-62-56(59)50-47-44-41-38-35-24-21-18-15-12-9-6-3)64-58(61)52-49-46-43-40-37-34-32-30-28-26-23-20-17-14-11-8-5-2/h16-17,19-20,25-28,31-34,39-40,42-43,55H,4-15,18,21-24,29-30,35-38,41,44-54H2,1-3H3/b19-16-,20-17-,27-25-,28-26-,33-31-,34-32-,42-39-,43-40-/t55-/m0/s1. The summed E-state index contributed by atoms with van der Waals surface area (Å²) in [6.07, 6.45) is 68.3. The van der Waals surface area contributed by atoms with E-state index < -0.39 is 6.10 Å². The molecule has 364 valence electrons. The van der Waals surface area contributed by atoms with Crippen molar-refractivity contribution < 1.29 is 28.6 Å². The molecule has 0 aliphatic carbocycles. The first-order valence-corrected chi connectivity index (χ1v) is 26.2. The van der Waals surface area contributed by atoms with Gasteiger partial charge >= 0.3 is 17.9 Å². The average Bonchev–Trinajstić information content (AvgIpc) is 3.29. The molecule has 6 heteroatoms. The number of allylic oxidation sites excluding steroid dienone is 16. The highest BCUT2D eigenvalue weighted by atomic mass is 16.6. The van der Waals surface area contributed by atoms with Crippen molar-refractivity contribution in [1.29, 1.82) is 0 Å². The maximum atomic E-state index is 12.8. The van der Waals surface area contributed by atoms with Gasteiger partial charge in [-0.1, -0.05) is 214 Å². The van der Waals surface area contributed by atoms with E-state index in [2.05, 4.69) is 118 Å². The van der Waals surface area contributed by atoms with E-state index in [1.165, 1.54) is 109 Å². The number of ether oxygens (including phenoxy) is 3. The minimum atomic E-state index is -0.826. The number of carbonyl (C=O) groups is 3. The van der Waals surface area contributed by atoms with Gasteiger partial charge in [0.25, 0.3) is 0 Å². The Hall–Kier alpha value is -3.67. The first-order valence-electron chi connectivity index (χ1n) is 26.2. The molecule has 0 unspecified atom stereocenters. The van der Waals surface area contributed by atoms with Crippen LogP contribution in [0.1, 0.15) is 233 Å². The van der Waals surface area contributed by atoms with Gasteiger partial charge < -0.3 is 14.2 Å². The Morgan fingerprint density at radius 3 is 0.938 bits per heavy atom. The number of esters is 3. The molecule has 0 heterocycles. The normalized spacial score (nSPS) is 12.9. The summed E-state index contributed by atoms with van der Waals surface area (Å²) in [5.41, 5.74) is 0. The smallest absolute Gasteiger partial charge is 0.306 e. The van der Waals surface area contributed by atoms with E-state index >= 15 is 0 Å². The van der Waals surface area contributed by atoms with Crippen LogP contribution in [-0.2, 0) is 28.6 Å². The van der Waals surface area contributed by atoms with Crippen LogP contribution < -0.4 is 0 Å². The van der Waals surface area contributed by atoms with E-state index in [1.54, 1.807) is 0 Å². The molecule has 64 heavy (non-hydrogen) atoms. The van der Waals surface area contributed by atoms with Crippen molar-refractivity contribution in [2.45, 2.75) is 239 Å². The van der Waals surface area contributed by atoms with Gasteiger partial charge in [0.05, 0.1) is 0 Å². The number of unbranched alkanes of at least 4 members (excludes halogenated alkanes) is 19. The lowest BCUT2D eigenvalue weighted by atomic mass is 10.0. The molecule has 0 spiro atoms. The predicted molar refractivity (Wildman–Crippen MR) is 274 cm³/mol. The van der Waals surface area contributed by atoms with Gasteiger partial charge in [0, 0.05) is 19.3 Å². The van der Waals surface area contributed by atoms with E-state index in [4.69, 9.17) is 14.2 Å². The van der Waals surface area contributed by atoms with Gasteiger partial charge in [-0.3, -0.25) is 14.4 Å². The van der Waals surface area contributed by atoms with Crippen molar-refractivity contribution in [3.05, 3.63) is 97.2 Å². The first kappa shape index (κ1) is 60.3. The summed E-state index contributed by atoms with van der Waals surface area (Å²) >= 11 is 0. The van der Waals surface area contributed by atoms with Crippen LogP contribution in [0.25, 0.3) is 0 Å². The van der Waals surface area contributed by atoms with Crippen LogP contribution in [0, 0.1) is 0 Å². The second kappa shape index (κ2) is 52.0.